The molecule has 5 heteroatoms. The van der Waals surface area contributed by atoms with Crippen LogP contribution in [0, 0.1) is 0 Å². The molecule has 0 aliphatic carbocycles. The fourth-order valence-corrected chi connectivity index (χ4v) is 2.26. The lowest BCUT2D eigenvalue weighted by molar-refractivity contribution is -0.116. The van der Waals surface area contributed by atoms with Crippen LogP contribution in [-0.4, -0.2) is 32.3 Å². The predicted molar refractivity (Wildman–Crippen MR) is 79.0 cm³/mol. The van der Waals surface area contributed by atoms with Crippen LogP contribution in [0.2, 0.25) is 5.02 Å². The summed E-state index contributed by atoms with van der Waals surface area (Å²) in [7, 11) is 1.58. The molecular weight excluding hydrogens is 278 g/mol. The number of halogens is 1. The van der Waals surface area contributed by atoms with Gasteiger partial charge >= 0.3 is 0 Å². The van der Waals surface area contributed by atoms with E-state index >= 15 is 0 Å². The van der Waals surface area contributed by atoms with Crippen molar-refractivity contribution in [2.75, 3.05) is 20.3 Å². The van der Waals surface area contributed by atoms with Gasteiger partial charge in [0.05, 0.1) is 13.2 Å². The highest BCUT2D eigenvalue weighted by atomic mass is 35.5. The number of carbonyl (C=O) groups excluding carboxylic acids is 1. The lowest BCUT2D eigenvalue weighted by Gasteiger charge is -2.09. The second kappa shape index (κ2) is 7.31. The predicted octanol–water partition coefficient (Wildman–Crippen LogP) is 2.66. The van der Waals surface area contributed by atoms with Crippen molar-refractivity contribution in [2.24, 2.45) is 0 Å². The lowest BCUT2D eigenvalue weighted by atomic mass is 10.2. The number of rotatable bonds is 5. The van der Waals surface area contributed by atoms with Crippen molar-refractivity contribution in [3.8, 4) is 5.75 Å². The maximum Gasteiger partial charge on any atom is 0.244 e. The third kappa shape index (κ3) is 4.25. The Morgan fingerprint density at radius 1 is 1.60 bits per heavy atom. The van der Waals surface area contributed by atoms with Gasteiger partial charge in [0, 0.05) is 29.8 Å². The molecule has 1 fully saturated rings. The third-order valence-corrected chi connectivity index (χ3v) is 3.37. The summed E-state index contributed by atoms with van der Waals surface area (Å²) >= 11 is 5.93. The summed E-state index contributed by atoms with van der Waals surface area (Å²) in [6.07, 6.45) is 5.38. The quantitative estimate of drug-likeness (QED) is 0.850. The molecule has 0 radical (unpaired) electrons. The lowest BCUT2D eigenvalue weighted by Crippen LogP contribution is -2.30. The first-order valence-corrected chi connectivity index (χ1v) is 6.98. The average molecular weight is 296 g/mol. The molecule has 108 valence electrons. The molecule has 4 nitrogen and oxygen atoms in total. The van der Waals surface area contributed by atoms with E-state index in [0.29, 0.717) is 17.3 Å². The van der Waals surface area contributed by atoms with E-state index < -0.39 is 0 Å². The summed E-state index contributed by atoms with van der Waals surface area (Å²) < 4.78 is 10.7. The van der Waals surface area contributed by atoms with Gasteiger partial charge in [-0.3, -0.25) is 4.79 Å². The van der Waals surface area contributed by atoms with E-state index in [2.05, 4.69) is 5.32 Å². The van der Waals surface area contributed by atoms with E-state index in [0.717, 1.165) is 25.0 Å². The van der Waals surface area contributed by atoms with Crippen LogP contribution in [0.3, 0.4) is 0 Å². The topological polar surface area (TPSA) is 47.6 Å². The second-order valence-electron chi connectivity index (χ2n) is 4.60. The Morgan fingerprint density at radius 3 is 3.15 bits per heavy atom. The van der Waals surface area contributed by atoms with Gasteiger partial charge in [-0.05, 0) is 37.1 Å². The van der Waals surface area contributed by atoms with Gasteiger partial charge in [-0.2, -0.15) is 0 Å². The van der Waals surface area contributed by atoms with E-state index in [9.17, 15) is 4.79 Å². The Balaban J connectivity index is 1.90. The molecule has 20 heavy (non-hydrogen) atoms. The van der Waals surface area contributed by atoms with Gasteiger partial charge in [0.2, 0.25) is 5.91 Å². The summed E-state index contributed by atoms with van der Waals surface area (Å²) in [5.74, 6) is 0.528. The zero-order valence-electron chi connectivity index (χ0n) is 11.4. The Labute approximate surface area is 123 Å². The van der Waals surface area contributed by atoms with Gasteiger partial charge in [0.25, 0.3) is 0 Å². The molecule has 0 aromatic heterocycles. The van der Waals surface area contributed by atoms with Crippen molar-refractivity contribution in [3.63, 3.8) is 0 Å². The summed E-state index contributed by atoms with van der Waals surface area (Å²) in [5, 5.41) is 3.42. The molecular formula is C15H18ClNO3. The van der Waals surface area contributed by atoms with Crippen molar-refractivity contribution in [1.29, 1.82) is 0 Å². The minimum absolute atomic E-state index is 0.146. The summed E-state index contributed by atoms with van der Waals surface area (Å²) in [6.45, 7) is 1.34. The molecule has 1 heterocycles. The van der Waals surface area contributed by atoms with Crippen LogP contribution in [-0.2, 0) is 9.53 Å². The molecule has 1 amide bonds. The maximum absolute atomic E-state index is 11.7. The van der Waals surface area contributed by atoms with E-state index in [1.165, 1.54) is 6.08 Å². The van der Waals surface area contributed by atoms with Crippen LogP contribution in [0.4, 0.5) is 0 Å². The fraction of sp³-hybridized carbons (Fsp3) is 0.400. The molecule has 1 aromatic rings. The van der Waals surface area contributed by atoms with Crippen molar-refractivity contribution >= 4 is 23.6 Å². The van der Waals surface area contributed by atoms with Gasteiger partial charge in [-0.1, -0.05) is 11.6 Å². The summed E-state index contributed by atoms with van der Waals surface area (Å²) in [5.41, 5.74) is 0.771. The SMILES string of the molecule is COc1ccc(Cl)cc1/C=C/C(=O)NC[C@H]1CCCO1. The Hall–Kier alpha value is -1.52. The third-order valence-electron chi connectivity index (χ3n) is 3.13. The van der Waals surface area contributed by atoms with Crippen LogP contribution >= 0.6 is 11.6 Å². The molecule has 0 bridgehead atoms. The normalized spacial score (nSPS) is 18.4. The van der Waals surface area contributed by atoms with Crippen molar-refractivity contribution in [3.05, 3.63) is 34.9 Å². The zero-order valence-corrected chi connectivity index (χ0v) is 12.2. The Kier molecular flexibility index (Phi) is 5.44. The molecule has 0 spiro atoms. The van der Waals surface area contributed by atoms with Gasteiger partial charge in [-0.15, -0.1) is 0 Å². The highest BCUT2D eigenvalue weighted by Crippen LogP contribution is 2.23. The molecule has 1 saturated heterocycles. The minimum atomic E-state index is -0.150. The van der Waals surface area contributed by atoms with E-state index in [1.807, 2.05) is 0 Å². The molecule has 1 aliphatic heterocycles. The van der Waals surface area contributed by atoms with Gasteiger partial charge in [0.15, 0.2) is 0 Å². The molecule has 0 saturated carbocycles. The standard InChI is InChI=1S/C15H18ClNO3/c1-19-14-6-5-12(16)9-11(14)4-7-15(18)17-10-13-3-2-8-20-13/h4-7,9,13H,2-3,8,10H2,1H3,(H,17,18)/b7-4+/t13-/m1/s1. The first-order valence-electron chi connectivity index (χ1n) is 6.60. The highest BCUT2D eigenvalue weighted by molar-refractivity contribution is 6.30. The number of methoxy groups -OCH3 is 1. The fourth-order valence-electron chi connectivity index (χ4n) is 2.08. The summed E-state index contributed by atoms with van der Waals surface area (Å²) in [4.78, 5) is 11.7. The Morgan fingerprint density at radius 2 is 2.45 bits per heavy atom. The monoisotopic (exact) mass is 295 g/mol. The van der Waals surface area contributed by atoms with Crippen molar-refractivity contribution in [1.82, 2.24) is 5.32 Å². The first kappa shape index (κ1) is 14.9. The van der Waals surface area contributed by atoms with Crippen molar-refractivity contribution < 1.29 is 14.3 Å². The van der Waals surface area contributed by atoms with Gasteiger partial charge in [-0.25, -0.2) is 0 Å². The van der Waals surface area contributed by atoms with E-state index in [4.69, 9.17) is 21.1 Å². The molecule has 1 atom stereocenters. The number of nitrogens with one attached hydrogen (secondary N) is 1. The van der Waals surface area contributed by atoms with Crippen LogP contribution in [0.25, 0.3) is 6.08 Å². The van der Waals surface area contributed by atoms with Crippen LogP contribution < -0.4 is 10.1 Å². The Bertz CT molecular complexity index is 496. The van der Waals surface area contributed by atoms with Crippen LogP contribution in [0.1, 0.15) is 18.4 Å². The van der Waals surface area contributed by atoms with Gasteiger partial charge < -0.3 is 14.8 Å². The number of ether oxygens (including phenoxy) is 2. The number of carbonyl (C=O) groups is 1. The molecule has 2 rings (SSSR count). The van der Waals surface area contributed by atoms with Gasteiger partial charge in [0.1, 0.15) is 5.75 Å². The van der Waals surface area contributed by atoms with Crippen molar-refractivity contribution in [2.45, 2.75) is 18.9 Å². The first-order chi connectivity index (χ1) is 9.69. The number of amides is 1. The smallest absolute Gasteiger partial charge is 0.244 e. The average Bonchev–Trinajstić information content (AvgIpc) is 2.96. The highest BCUT2D eigenvalue weighted by Gasteiger charge is 2.15. The summed E-state index contributed by atoms with van der Waals surface area (Å²) in [6, 6.07) is 5.27. The largest absolute Gasteiger partial charge is 0.496 e. The second-order valence-corrected chi connectivity index (χ2v) is 5.04. The number of hydrogen-bond acceptors (Lipinski definition) is 3. The number of benzene rings is 1. The molecule has 1 aromatic carbocycles. The maximum atomic E-state index is 11.7. The van der Waals surface area contributed by atoms with Crippen LogP contribution in [0.5, 0.6) is 5.75 Å². The van der Waals surface area contributed by atoms with E-state index in [-0.39, 0.29) is 12.0 Å². The van der Waals surface area contributed by atoms with E-state index in [1.54, 1.807) is 31.4 Å². The molecule has 1 N–H and O–H groups in total. The minimum Gasteiger partial charge on any atom is -0.496 e. The number of hydrogen-bond donors (Lipinski definition) is 1. The zero-order chi connectivity index (χ0) is 14.4. The molecule has 0 unspecified atom stereocenters. The van der Waals surface area contributed by atoms with Crippen LogP contribution in [0.15, 0.2) is 24.3 Å². The molecule has 1 aliphatic rings.